The van der Waals surface area contributed by atoms with Crippen molar-refractivity contribution in [3.63, 3.8) is 0 Å². The first-order chi connectivity index (χ1) is 11.7. The number of benzene rings is 2. The topological polar surface area (TPSA) is 68.3 Å². The predicted molar refractivity (Wildman–Crippen MR) is 94.7 cm³/mol. The van der Waals surface area contributed by atoms with Crippen molar-refractivity contribution in [1.82, 2.24) is 9.55 Å². The van der Waals surface area contributed by atoms with Crippen LogP contribution in [0.1, 0.15) is 5.56 Å². The zero-order valence-corrected chi connectivity index (χ0v) is 13.8. The number of H-pyrrole nitrogens is 1. The van der Waals surface area contributed by atoms with E-state index in [1.165, 1.54) is 0 Å². The Morgan fingerprint density at radius 1 is 1.17 bits per heavy atom. The maximum Gasteiger partial charge on any atom is 0.326 e. The van der Waals surface area contributed by atoms with Crippen LogP contribution in [-0.4, -0.2) is 29.9 Å². The fraction of sp³-hybridized carbons (Fsp3) is 0.278. The summed E-state index contributed by atoms with van der Waals surface area (Å²) in [4.78, 5) is 14.5. The van der Waals surface area contributed by atoms with Crippen molar-refractivity contribution in [3.8, 4) is 5.75 Å². The number of nitrogens with zero attached hydrogens (tertiary/aromatic N) is 1. The molecule has 6 nitrogen and oxygen atoms in total. The summed E-state index contributed by atoms with van der Waals surface area (Å²) in [5.41, 5.74) is 3.60. The van der Waals surface area contributed by atoms with Crippen molar-refractivity contribution < 1.29 is 9.47 Å². The van der Waals surface area contributed by atoms with Crippen LogP contribution in [0.3, 0.4) is 0 Å². The third-order valence-electron chi connectivity index (χ3n) is 3.91. The molecule has 0 aliphatic carbocycles. The largest absolute Gasteiger partial charge is 0.491 e. The van der Waals surface area contributed by atoms with Gasteiger partial charge in [-0.25, -0.2) is 4.79 Å². The molecule has 3 rings (SSSR count). The lowest BCUT2D eigenvalue weighted by atomic mass is 10.2. The molecule has 3 aromatic rings. The maximum absolute atomic E-state index is 11.7. The SMILES string of the molecule is COCCOc1ccccc1CNc1ccc2[nH]c(=O)n(C)c2c1. The number of ether oxygens (including phenoxy) is 2. The van der Waals surface area contributed by atoms with Gasteiger partial charge < -0.3 is 19.8 Å². The van der Waals surface area contributed by atoms with Crippen LogP contribution in [0.15, 0.2) is 47.3 Å². The first kappa shape index (κ1) is 16.1. The van der Waals surface area contributed by atoms with E-state index in [4.69, 9.17) is 9.47 Å². The molecule has 0 radical (unpaired) electrons. The number of nitrogens with one attached hydrogen (secondary N) is 2. The Labute approximate surface area is 140 Å². The van der Waals surface area contributed by atoms with E-state index in [9.17, 15) is 4.79 Å². The second kappa shape index (κ2) is 7.23. The molecule has 2 N–H and O–H groups in total. The second-order valence-corrected chi connectivity index (χ2v) is 5.52. The minimum atomic E-state index is -0.112. The van der Waals surface area contributed by atoms with Gasteiger partial charge >= 0.3 is 5.69 Å². The van der Waals surface area contributed by atoms with Gasteiger partial charge in [-0.2, -0.15) is 0 Å². The molecule has 0 saturated carbocycles. The molecular weight excluding hydrogens is 306 g/mol. The van der Waals surface area contributed by atoms with Crippen LogP contribution in [0.5, 0.6) is 5.75 Å². The molecule has 0 bridgehead atoms. The average molecular weight is 327 g/mol. The third kappa shape index (κ3) is 3.44. The molecule has 1 aromatic heterocycles. The number of aromatic amines is 1. The van der Waals surface area contributed by atoms with Crippen molar-refractivity contribution in [1.29, 1.82) is 0 Å². The summed E-state index contributed by atoms with van der Waals surface area (Å²) >= 11 is 0. The molecule has 0 spiro atoms. The van der Waals surface area contributed by atoms with Crippen LogP contribution in [0.2, 0.25) is 0 Å². The van der Waals surface area contributed by atoms with Gasteiger partial charge in [-0.1, -0.05) is 18.2 Å². The fourth-order valence-electron chi connectivity index (χ4n) is 2.56. The van der Waals surface area contributed by atoms with Crippen molar-refractivity contribution in [2.24, 2.45) is 7.05 Å². The number of rotatable bonds is 7. The van der Waals surface area contributed by atoms with Crippen molar-refractivity contribution in [2.75, 3.05) is 25.6 Å². The molecule has 0 saturated heterocycles. The van der Waals surface area contributed by atoms with Crippen molar-refractivity contribution >= 4 is 16.7 Å². The van der Waals surface area contributed by atoms with E-state index < -0.39 is 0 Å². The molecule has 0 aliphatic heterocycles. The molecule has 2 aromatic carbocycles. The molecule has 1 heterocycles. The minimum Gasteiger partial charge on any atom is -0.491 e. The van der Waals surface area contributed by atoms with E-state index in [-0.39, 0.29) is 5.69 Å². The Hall–Kier alpha value is -2.73. The zero-order chi connectivity index (χ0) is 16.9. The molecule has 6 heteroatoms. The van der Waals surface area contributed by atoms with Crippen LogP contribution < -0.4 is 15.7 Å². The number of hydrogen-bond acceptors (Lipinski definition) is 4. The van der Waals surface area contributed by atoms with Gasteiger partial charge in [0.25, 0.3) is 0 Å². The highest BCUT2D eigenvalue weighted by Crippen LogP contribution is 2.21. The second-order valence-electron chi connectivity index (χ2n) is 5.52. The van der Waals surface area contributed by atoms with Gasteiger partial charge in [-0.05, 0) is 24.3 Å². The summed E-state index contributed by atoms with van der Waals surface area (Å²) in [6.45, 7) is 1.71. The van der Waals surface area contributed by atoms with Gasteiger partial charge in [0.1, 0.15) is 12.4 Å². The molecule has 126 valence electrons. The van der Waals surface area contributed by atoms with Crippen LogP contribution in [-0.2, 0) is 18.3 Å². The Bertz CT molecular complexity index is 883. The normalized spacial score (nSPS) is 10.9. The predicted octanol–water partition coefficient (Wildman–Crippen LogP) is 2.50. The highest BCUT2D eigenvalue weighted by Gasteiger charge is 2.06. The smallest absolute Gasteiger partial charge is 0.326 e. The standard InChI is InChI=1S/C18H21N3O3/c1-21-16-11-14(7-8-15(16)20-18(21)22)19-12-13-5-3-4-6-17(13)24-10-9-23-2/h3-8,11,19H,9-10,12H2,1-2H3,(H,20,22). The molecule has 0 unspecified atom stereocenters. The monoisotopic (exact) mass is 327 g/mol. The molecule has 0 aliphatic rings. The maximum atomic E-state index is 11.7. The zero-order valence-electron chi connectivity index (χ0n) is 13.8. The summed E-state index contributed by atoms with van der Waals surface area (Å²) < 4.78 is 12.4. The quantitative estimate of drug-likeness (QED) is 0.654. The van der Waals surface area contributed by atoms with Crippen LogP contribution >= 0.6 is 0 Å². The summed E-state index contributed by atoms with van der Waals surface area (Å²) in [6.07, 6.45) is 0. The molecule has 24 heavy (non-hydrogen) atoms. The van der Waals surface area contributed by atoms with E-state index in [1.807, 2.05) is 42.5 Å². The van der Waals surface area contributed by atoms with Crippen LogP contribution in [0.25, 0.3) is 11.0 Å². The van der Waals surface area contributed by atoms with E-state index in [0.717, 1.165) is 28.0 Å². The van der Waals surface area contributed by atoms with Crippen molar-refractivity contribution in [2.45, 2.75) is 6.54 Å². The van der Waals surface area contributed by atoms with E-state index >= 15 is 0 Å². The Kier molecular flexibility index (Phi) is 4.86. The van der Waals surface area contributed by atoms with Crippen LogP contribution in [0, 0.1) is 0 Å². The molecule has 0 amide bonds. The number of para-hydroxylation sites is 1. The molecular formula is C18H21N3O3. The summed E-state index contributed by atoms with van der Waals surface area (Å²) in [6, 6.07) is 13.7. The summed E-state index contributed by atoms with van der Waals surface area (Å²) in [5, 5.41) is 3.38. The number of imidazole rings is 1. The summed E-state index contributed by atoms with van der Waals surface area (Å²) in [7, 11) is 3.41. The lowest BCUT2D eigenvalue weighted by Crippen LogP contribution is -2.11. The van der Waals surface area contributed by atoms with Gasteiger partial charge in [0.15, 0.2) is 0 Å². The Morgan fingerprint density at radius 2 is 2.00 bits per heavy atom. The molecule has 0 atom stereocenters. The Balaban J connectivity index is 1.74. The Morgan fingerprint density at radius 3 is 2.83 bits per heavy atom. The van der Waals surface area contributed by atoms with Gasteiger partial charge in [0.2, 0.25) is 0 Å². The number of aryl methyl sites for hydroxylation is 1. The fourth-order valence-corrected chi connectivity index (χ4v) is 2.56. The van der Waals surface area contributed by atoms with Gasteiger partial charge in [-0.3, -0.25) is 4.57 Å². The lowest BCUT2D eigenvalue weighted by molar-refractivity contribution is 0.146. The first-order valence-corrected chi connectivity index (χ1v) is 7.81. The van der Waals surface area contributed by atoms with Gasteiger partial charge in [0.05, 0.1) is 17.6 Å². The highest BCUT2D eigenvalue weighted by molar-refractivity contribution is 5.79. The molecule has 0 fully saturated rings. The number of fused-ring (bicyclic) bond motifs is 1. The van der Waals surface area contributed by atoms with Gasteiger partial charge in [0, 0.05) is 32.0 Å². The third-order valence-corrected chi connectivity index (χ3v) is 3.91. The van der Waals surface area contributed by atoms with Gasteiger partial charge in [-0.15, -0.1) is 0 Å². The van der Waals surface area contributed by atoms with E-state index in [2.05, 4.69) is 10.3 Å². The number of aromatic nitrogens is 2. The van der Waals surface area contributed by atoms with E-state index in [1.54, 1.807) is 18.7 Å². The lowest BCUT2D eigenvalue weighted by Gasteiger charge is -2.12. The number of hydrogen-bond donors (Lipinski definition) is 2. The first-order valence-electron chi connectivity index (χ1n) is 7.81. The van der Waals surface area contributed by atoms with Crippen molar-refractivity contribution in [3.05, 3.63) is 58.5 Å². The highest BCUT2D eigenvalue weighted by atomic mass is 16.5. The number of methoxy groups -OCH3 is 1. The number of anilines is 1. The average Bonchev–Trinajstić information content (AvgIpc) is 2.88. The van der Waals surface area contributed by atoms with Crippen LogP contribution in [0.4, 0.5) is 5.69 Å². The minimum absolute atomic E-state index is 0.112. The van der Waals surface area contributed by atoms with E-state index in [0.29, 0.717) is 19.8 Å². The summed E-state index contributed by atoms with van der Waals surface area (Å²) in [5.74, 6) is 0.845.